The summed E-state index contributed by atoms with van der Waals surface area (Å²) in [4.78, 5) is 49.8. The summed E-state index contributed by atoms with van der Waals surface area (Å²) in [6.07, 6.45) is 0. The van der Waals surface area contributed by atoms with Crippen molar-refractivity contribution >= 4 is 0 Å². The third-order valence-electron chi connectivity index (χ3n) is 1.82. The molecule has 1 aromatic heterocycles. The van der Waals surface area contributed by atoms with Crippen LogP contribution in [0.25, 0.3) is 0 Å². The molecule has 0 spiro atoms. The quantitative estimate of drug-likeness (QED) is 0.562. The van der Waals surface area contributed by atoms with Crippen molar-refractivity contribution in [1.29, 1.82) is 0 Å². The Morgan fingerprint density at radius 2 is 0.889 bits per heavy atom. The summed E-state index contributed by atoms with van der Waals surface area (Å²) in [5, 5.41) is 0. The lowest BCUT2D eigenvalue weighted by Gasteiger charge is -2.12. The molecule has 0 atom stereocenters. The first-order chi connectivity index (χ1) is 8.58. The molecule has 1 aromatic rings. The van der Waals surface area contributed by atoms with Gasteiger partial charge < -0.3 is 14.5 Å². The highest BCUT2D eigenvalue weighted by molar-refractivity contribution is 4.71. The molecule has 0 fully saturated rings. The Bertz CT molecular complexity index is 458. The molecule has 0 N–H and O–H groups in total. The van der Waals surface area contributed by atoms with Crippen molar-refractivity contribution in [3.05, 3.63) is 31.5 Å². The zero-order valence-corrected chi connectivity index (χ0v) is 10.4. The monoisotopic (exact) mass is 261 g/mol. The molecule has 0 radical (unpaired) electrons. The molecule has 0 saturated heterocycles. The van der Waals surface area contributed by atoms with Gasteiger partial charge in [0.2, 0.25) is 0 Å². The van der Waals surface area contributed by atoms with Gasteiger partial charge in [-0.05, 0) is 20.8 Å². The summed E-state index contributed by atoms with van der Waals surface area (Å²) in [7, 11) is 0. The zero-order chi connectivity index (χ0) is 13.7. The molecule has 0 bridgehead atoms. The van der Waals surface area contributed by atoms with Gasteiger partial charge in [0, 0.05) is 0 Å². The molecular weight excluding hydrogens is 246 g/mol. The predicted molar refractivity (Wildman–Crippen MR) is 60.6 cm³/mol. The highest BCUT2D eigenvalue weighted by atomic mass is 16.7. The Balaban J connectivity index is 3.59. The van der Waals surface area contributed by atoms with Crippen LogP contribution in [0.1, 0.15) is 20.8 Å². The lowest BCUT2D eigenvalue weighted by molar-refractivity contribution is -0.00331. The highest BCUT2D eigenvalue weighted by Gasteiger charge is 2.17. The molecule has 9 nitrogen and oxygen atoms in total. The molecule has 18 heavy (non-hydrogen) atoms. The predicted octanol–water partition coefficient (Wildman–Crippen LogP) is -2.48. The number of hydrogen-bond donors (Lipinski definition) is 0. The Hall–Kier alpha value is -2.19. The van der Waals surface area contributed by atoms with Crippen molar-refractivity contribution in [2.45, 2.75) is 20.8 Å². The highest BCUT2D eigenvalue weighted by Crippen LogP contribution is 1.69. The standard InChI is InChI=1S/C9H15N3O6/c1-4-16-10-7(13)11(17-5-2)9(15)12(8(10)14)18-6-3/h4-6H2,1-3H3. The van der Waals surface area contributed by atoms with E-state index < -0.39 is 17.1 Å². The van der Waals surface area contributed by atoms with Crippen LogP contribution in [0, 0.1) is 0 Å². The minimum Gasteiger partial charge on any atom is -0.405 e. The molecule has 9 heteroatoms. The molecule has 1 rings (SSSR count). The van der Waals surface area contributed by atoms with Crippen molar-refractivity contribution in [3.8, 4) is 0 Å². The summed E-state index contributed by atoms with van der Waals surface area (Å²) in [5.74, 6) is 0. The van der Waals surface area contributed by atoms with E-state index in [0.29, 0.717) is 14.2 Å². The van der Waals surface area contributed by atoms with Gasteiger partial charge in [-0.3, -0.25) is 0 Å². The van der Waals surface area contributed by atoms with E-state index in [-0.39, 0.29) is 19.8 Å². The topological polar surface area (TPSA) is 93.7 Å². The van der Waals surface area contributed by atoms with Crippen LogP contribution < -0.4 is 31.6 Å². The normalized spacial score (nSPS) is 10.2. The summed E-state index contributed by atoms with van der Waals surface area (Å²) in [5.41, 5.74) is -3.03. The van der Waals surface area contributed by atoms with Crippen molar-refractivity contribution in [2.24, 2.45) is 0 Å². The fraction of sp³-hybridized carbons (Fsp3) is 0.667. The van der Waals surface area contributed by atoms with E-state index in [2.05, 4.69) is 0 Å². The first-order valence-electron chi connectivity index (χ1n) is 5.49. The Labute approximate surface area is 102 Å². The van der Waals surface area contributed by atoms with E-state index in [9.17, 15) is 14.4 Å². The van der Waals surface area contributed by atoms with Gasteiger partial charge >= 0.3 is 17.1 Å². The van der Waals surface area contributed by atoms with E-state index in [1.165, 1.54) is 0 Å². The van der Waals surface area contributed by atoms with Crippen molar-refractivity contribution < 1.29 is 14.5 Å². The fourth-order valence-electron chi connectivity index (χ4n) is 1.21. The maximum absolute atomic E-state index is 11.8. The van der Waals surface area contributed by atoms with Crippen LogP contribution >= 0.6 is 0 Å². The minimum atomic E-state index is -1.01. The van der Waals surface area contributed by atoms with E-state index in [1.54, 1.807) is 20.8 Å². The zero-order valence-electron chi connectivity index (χ0n) is 10.4. The first kappa shape index (κ1) is 13.9. The molecular formula is C9H15N3O6. The maximum atomic E-state index is 11.8. The summed E-state index contributed by atoms with van der Waals surface area (Å²) in [6.45, 7) is 5.00. The molecule has 0 unspecified atom stereocenters. The molecule has 0 saturated carbocycles. The average Bonchev–Trinajstić information content (AvgIpc) is 2.35. The number of rotatable bonds is 6. The second-order valence-corrected chi connectivity index (χ2v) is 2.98. The largest absolute Gasteiger partial charge is 0.405 e. The van der Waals surface area contributed by atoms with Gasteiger partial charge in [-0.1, -0.05) is 14.2 Å². The number of nitrogens with zero attached hydrogens (tertiary/aromatic N) is 3. The van der Waals surface area contributed by atoms with E-state index in [1.807, 2.05) is 0 Å². The maximum Gasteiger partial charge on any atom is 0.403 e. The third-order valence-corrected chi connectivity index (χ3v) is 1.82. The molecule has 0 amide bonds. The summed E-state index contributed by atoms with van der Waals surface area (Å²) < 4.78 is 1.23. The molecule has 0 aromatic carbocycles. The lowest BCUT2D eigenvalue weighted by atomic mass is 10.9. The first-order valence-corrected chi connectivity index (χ1v) is 5.49. The second-order valence-electron chi connectivity index (χ2n) is 2.98. The van der Waals surface area contributed by atoms with Crippen LogP contribution in [-0.4, -0.2) is 34.0 Å². The fourth-order valence-corrected chi connectivity index (χ4v) is 1.21. The Morgan fingerprint density at radius 3 is 1.06 bits per heavy atom. The number of hydrogen-bond acceptors (Lipinski definition) is 6. The molecule has 102 valence electrons. The second kappa shape index (κ2) is 5.94. The van der Waals surface area contributed by atoms with Crippen LogP contribution in [-0.2, 0) is 0 Å². The number of aromatic nitrogens is 3. The van der Waals surface area contributed by atoms with Crippen molar-refractivity contribution in [3.63, 3.8) is 0 Å². The third kappa shape index (κ3) is 2.39. The average molecular weight is 261 g/mol. The van der Waals surface area contributed by atoms with E-state index >= 15 is 0 Å². The van der Waals surface area contributed by atoms with Crippen molar-refractivity contribution in [1.82, 2.24) is 14.2 Å². The van der Waals surface area contributed by atoms with Crippen LogP contribution in [0.3, 0.4) is 0 Å². The van der Waals surface area contributed by atoms with Gasteiger partial charge in [-0.25, -0.2) is 14.4 Å². The Morgan fingerprint density at radius 1 is 0.667 bits per heavy atom. The Kier molecular flexibility index (Phi) is 4.58. The smallest absolute Gasteiger partial charge is 0.403 e. The van der Waals surface area contributed by atoms with Crippen LogP contribution in [0.5, 0.6) is 0 Å². The van der Waals surface area contributed by atoms with Crippen LogP contribution in [0.15, 0.2) is 14.4 Å². The molecule has 1 heterocycles. The lowest BCUT2D eigenvalue weighted by Crippen LogP contribution is -2.59. The van der Waals surface area contributed by atoms with E-state index in [0.717, 1.165) is 0 Å². The molecule has 0 aliphatic heterocycles. The van der Waals surface area contributed by atoms with Gasteiger partial charge in [0.15, 0.2) is 0 Å². The van der Waals surface area contributed by atoms with Gasteiger partial charge in [-0.15, -0.1) is 0 Å². The van der Waals surface area contributed by atoms with Gasteiger partial charge in [0.25, 0.3) is 0 Å². The van der Waals surface area contributed by atoms with Crippen LogP contribution in [0.2, 0.25) is 0 Å². The van der Waals surface area contributed by atoms with Crippen molar-refractivity contribution in [2.75, 3.05) is 19.8 Å². The minimum absolute atomic E-state index is 0.0750. The van der Waals surface area contributed by atoms with Gasteiger partial charge in [-0.2, -0.15) is 0 Å². The van der Waals surface area contributed by atoms with Gasteiger partial charge in [0.05, 0.1) is 0 Å². The van der Waals surface area contributed by atoms with E-state index in [4.69, 9.17) is 14.5 Å². The summed E-state index contributed by atoms with van der Waals surface area (Å²) >= 11 is 0. The van der Waals surface area contributed by atoms with Crippen LogP contribution in [0.4, 0.5) is 0 Å². The molecule has 0 aliphatic carbocycles. The molecule has 0 aliphatic rings. The summed E-state index contributed by atoms with van der Waals surface area (Å²) in [6, 6.07) is 0. The van der Waals surface area contributed by atoms with Gasteiger partial charge in [0.1, 0.15) is 19.8 Å². The SMILES string of the molecule is CCOn1c(=O)n(OCC)c(=O)n(OCC)c1=O.